The van der Waals surface area contributed by atoms with Crippen LogP contribution in [0.15, 0.2) is 12.1 Å². The van der Waals surface area contributed by atoms with E-state index in [0.29, 0.717) is 23.1 Å². The number of alkyl halides is 1. The Balaban J connectivity index is 1.92. The van der Waals surface area contributed by atoms with Gasteiger partial charge in [-0.3, -0.25) is 0 Å². The zero-order valence-corrected chi connectivity index (χ0v) is 12.6. The Morgan fingerprint density at radius 1 is 1.32 bits per heavy atom. The van der Waals surface area contributed by atoms with Crippen LogP contribution in [0.25, 0.3) is 0 Å². The first-order chi connectivity index (χ1) is 9.01. The van der Waals surface area contributed by atoms with Gasteiger partial charge in [-0.1, -0.05) is 12.1 Å². The van der Waals surface area contributed by atoms with Gasteiger partial charge in [-0.05, 0) is 62.6 Å². The van der Waals surface area contributed by atoms with Crippen LogP contribution in [0.5, 0.6) is 0 Å². The van der Waals surface area contributed by atoms with Crippen molar-refractivity contribution in [1.82, 2.24) is 0 Å². The second-order valence-corrected chi connectivity index (χ2v) is 6.11. The second-order valence-electron chi connectivity index (χ2n) is 5.59. The zero-order chi connectivity index (χ0) is 14.0. The van der Waals surface area contributed by atoms with E-state index in [1.165, 1.54) is 0 Å². The highest BCUT2D eigenvalue weighted by Gasteiger charge is 2.31. The molecule has 0 N–H and O–H groups in total. The van der Waals surface area contributed by atoms with Crippen molar-refractivity contribution in [3.05, 3.63) is 34.6 Å². The Kier molecular flexibility index (Phi) is 4.86. The van der Waals surface area contributed by atoms with Gasteiger partial charge in [0.25, 0.3) is 0 Å². The van der Waals surface area contributed by atoms with Crippen LogP contribution in [-0.4, -0.2) is 12.7 Å². The molecule has 1 aromatic carbocycles. The predicted octanol–water partition coefficient (Wildman–Crippen LogP) is 4.93. The average molecular weight is 285 g/mol. The predicted molar refractivity (Wildman–Crippen MR) is 77.2 cm³/mol. The molecule has 0 heterocycles. The van der Waals surface area contributed by atoms with E-state index in [9.17, 15) is 4.39 Å². The number of rotatable bonds is 5. The summed E-state index contributed by atoms with van der Waals surface area (Å²) in [7, 11) is 0. The Hall–Kier alpha value is -0.600. The fourth-order valence-electron chi connectivity index (χ4n) is 2.83. The Morgan fingerprint density at radius 2 is 1.89 bits per heavy atom. The molecule has 1 atom stereocenters. The molecule has 19 heavy (non-hydrogen) atoms. The molecule has 2 rings (SSSR count). The molecule has 0 bridgehead atoms. The lowest BCUT2D eigenvalue weighted by molar-refractivity contribution is -0.0267. The molecule has 106 valence electrons. The van der Waals surface area contributed by atoms with Gasteiger partial charge in [-0.15, -0.1) is 11.6 Å². The van der Waals surface area contributed by atoms with Crippen LogP contribution in [-0.2, 0) is 4.74 Å². The van der Waals surface area contributed by atoms with Crippen molar-refractivity contribution in [3.8, 4) is 0 Å². The largest absolute Gasteiger partial charge is 0.378 e. The van der Waals surface area contributed by atoms with E-state index in [1.54, 1.807) is 13.8 Å². The highest BCUT2D eigenvalue weighted by atomic mass is 35.5. The van der Waals surface area contributed by atoms with E-state index in [-0.39, 0.29) is 11.2 Å². The first-order valence-electron chi connectivity index (χ1n) is 7.03. The van der Waals surface area contributed by atoms with Crippen molar-refractivity contribution < 1.29 is 9.13 Å². The molecule has 1 fully saturated rings. The van der Waals surface area contributed by atoms with Crippen molar-refractivity contribution in [1.29, 1.82) is 0 Å². The van der Waals surface area contributed by atoms with Gasteiger partial charge in [0.15, 0.2) is 0 Å². The summed E-state index contributed by atoms with van der Waals surface area (Å²) in [6.45, 7) is 6.41. The quantitative estimate of drug-likeness (QED) is 0.697. The lowest BCUT2D eigenvalue weighted by Gasteiger charge is -2.36. The maximum absolute atomic E-state index is 13.6. The minimum absolute atomic E-state index is 0.0226. The fourth-order valence-corrected chi connectivity index (χ4v) is 3.21. The highest BCUT2D eigenvalue weighted by Crippen LogP contribution is 2.39. The Labute approximate surface area is 120 Å². The van der Waals surface area contributed by atoms with Crippen molar-refractivity contribution in [2.75, 3.05) is 6.61 Å². The van der Waals surface area contributed by atoms with Crippen molar-refractivity contribution >= 4 is 11.6 Å². The smallest absolute Gasteiger partial charge is 0.129 e. The van der Waals surface area contributed by atoms with Crippen LogP contribution in [0.1, 0.15) is 48.3 Å². The van der Waals surface area contributed by atoms with E-state index in [1.807, 2.05) is 19.1 Å². The summed E-state index contributed by atoms with van der Waals surface area (Å²) in [5.41, 5.74) is 2.40. The molecule has 1 saturated carbocycles. The van der Waals surface area contributed by atoms with Crippen molar-refractivity contribution in [2.24, 2.45) is 5.92 Å². The van der Waals surface area contributed by atoms with Crippen LogP contribution in [0, 0.1) is 25.6 Å². The van der Waals surface area contributed by atoms with E-state index >= 15 is 0 Å². The third-order valence-electron chi connectivity index (χ3n) is 3.96. The third-order valence-corrected chi connectivity index (χ3v) is 4.39. The van der Waals surface area contributed by atoms with Crippen molar-refractivity contribution in [2.45, 2.75) is 51.5 Å². The van der Waals surface area contributed by atoms with Crippen LogP contribution < -0.4 is 0 Å². The van der Waals surface area contributed by atoms with E-state index in [0.717, 1.165) is 31.4 Å². The summed E-state index contributed by atoms with van der Waals surface area (Å²) in [6.07, 6.45) is 3.60. The number of halogens is 2. The number of ether oxygens (including phenoxy) is 1. The van der Waals surface area contributed by atoms with Crippen LogP contribution in [0.4, 0.5) is 4.39 Å². The molecule has 0 spiro atoms. The fraction of sp³-hybridized carbons (Fsp3) is 0.625. The van der Waals surface area contributed by atoms with Gasteiger partial charge in [-0.2, -0.15) is 0 Å². The first-order valence-corrected chi connectivity index (χ1v) is 7.47. The molecule has 3 heteroatoms. The van der Waals surface area contributed by atoms with Crippen molar-refractivity contribution in [3.63, 3.8) is 0 Å². The molecule has 1 aliphatic carbocycles. The molecule has 0 aliphatic heterocycles. The van der Waals surface area contributed by atoms with Gasteiger partial charge in [0, 0.05) is 6.61 Å². The van der Waals surface area contributed by atoms with Crippen LogP contribution in [0.3, 0.4) is 0 Å². The normalized spacial score (nSPS) is 24.1. The topological polar surface area (TPSA) is 9.23 Å². The maximum Gasteiger partial charge on any atom is 0.129 e. The number of benzene rings is 1. The molecule has 1 nitrogen and oxygen atoms in total. The first kappa shape index (κ1) is 14.8. The lowest BCUT2D eigenvalue weighted by atomic mass is 9.78. The monoisotopic (exact) mass is 284 g/mol. The maximum atomic E-state index is 13.6. The molecule has 1 aliphatic rings. The van der Waals surface area contributed by atoms with Gasteiger partial charge in [0.2, 0.25) is 0 Å². The summed E-state index contributed by atoms with van der Waals surface area (Å²) in [6, 6.07) is 3.75. The molecule has 0 radical (unpaired) electrons. The molecule has 0 aromatic heterocycles. The summed E-state index contributed by atoms with van der Waals surface area (Å²) < 4.78 is 19.1. The SMILES string of the molecule is CCOC1CC(CC(Cl)c2cc(C)c(F)c(C)c2)C1. The summed E-state index contributed by atoms with van der Waals surface area (Å²) in [5.74, 6) is 0.525. The summed E-state index contributed by atoms with van der Waals surface area (Å²) in [5, 5.41) is -0.0226. The molecular weight excluding hydrogens is 263 g/mol. The molecular formula is C16H22ClFO. The molecule has 1 aromatic rings. The van der Waals surface area contributed by atoms with E-state index in [2.05, 4.69) is 0 Å². The molecule has 0 amide bonds. The number of hydrogen-bond acceptors (Lipinski definition) is 1. The van der Waals surface area contributed by atoms with E-state index in [4.69, 9.17) is 16.3 Å². The van der Waals surface area contributed by atoms with Gasteiger partial charge in [0.1, 0.15) is 5.82 Å². The molecule has 0 saturated heterocycles. The minimum atomic E-state index is -0.118. The van der Waals surface area contributed by atoms with Gasteiger partial charge in [0.05, 0.1) is 11.5 Å². The molecule has 1 unspecified atom stereocenters. The highest BCUT2D eigenvalue weighted by molar-refractivity contribution is 6.20. The number of hydrogen-bond donors (Lipinski definition) is 0. The lowest BCUT2D eigenvalue weighted by Crippen LogP contribution is -2.31. The standard InChI is InChI=1S/C16H22ClFO/c1-4-19-14-7-12(8-14)9-15(17)13-5-10(2)16(18)11(3)6-13/h5-6,12,14-15H,4,7-9H2,1-3H3. The summed E-state index contributed by atoms with van der Waals surface area (Å²) >= 11 is 6.47. The van der Waals surface area contributed by atoms with Gasteiger partial charge in [-0.25, -0.2) is 4.39 Å². The summed E-state index contributed by atoms with van der Waals surface area (Å²) in [4.78, 5) is 0. The Morgan fingerprint density at radius 3 is 2.42 bits per heavy atom. The van der Waals surface area contributed by atoms with E-state index < -0.39 is 0 Å². The zero-order valence-electron chi connectivity index (χ0n) is 11.9. The average Bonchev–Trinajstić information content (AvgIpc) is 2.32. The number of aryl methyl sites for hydroxylation is 2. The van der Waals surface area contributed by atoms with Gasteiger partial charge >= 0.3 is 0 Å². The third kappa shape index (κ3) is 3.49. The minimum Gasteiger partial charge on any atom is -0.378 e. The van der Waals surface area contributed by atoms with Crippen LogP contribution in [0.2, 0.25) is 0 Å². The Bertz CT molecular complexity index is 417. The second kappa shape index (κ2) is 6.23. The van der Waals surface area contributed by atoms with Crippen LogP contribution >= 0.6 is 11.6 Å². The van der Waals surface area contributed by atoms with Gasteiger partial charge < -0.3 is 4.74 Å².